The third-order valence-electron chi connectivity index (χ3n) is 4.90. The predicted molar refractivity (Wildman–Crippen MR) is 124 cm³/mol. The lowest BCUT2D eigenvalue weighted by molar-refractivity contribution is -0.139. The monoisotopic (exact) mass is 461 g/mol. The van der Waals surface area contributed by atoms with Gasteiger partial charge in [-0.25, -0.2) is 5.43 Å². The highest BCUT2D eigenvalue weighted by Gasteiger charge is 2.15. The molecule has 3 aromatic rings. The van der Waals surface area contributed by atoms with Gasteiger partial charge in [0.2, 0.25) is 6.79 Å². The second-order valence-electron chi connectivity index (χ2n) is 7.25. The van der Waals surface area contributed by atoms with Crippen molar-refractivity contribution in [3.8, 4) is 23.0 Å². The number of nitrogens with one attached hydrogen (secondary N) is 2. The molecule has 0 fully saturated rings. The first-order valence-corrected chi connectivity index (χ1v) is 10.5. The number of hydrogen-bond donors (Lipinski definition) is 2. The van der Waals surface area contributed by atoms with Gasteiger partial charge in [-0.2, -0.15) is 5.10 Å². The smallest absolute Gasteiger partial charge is 0.329 e. The molecule has 9 heteroatoms. The molecule has 0 saturated heterocycles. The van der Waals surface area contributed by atoms with Gasteiger partial charge in [-0.3, -0.25) is 9.59 Å². The molecule has 2 N–H and O–H groups in total. The molecule has 0 atom stereocenters. The fourth-order valence-corrected chi connectivity index (χ4v) is 3.15. The lowest BCUT2D eigenvalue weighted by atomic mass is 10.2. The standard InChI is InChI=1S/C25H23N3O6/c1-31-22-11-19(8-9-20(22)32-15-17-5-3-2-4-6-17)14-27-28-25(30)24(29)26-13-18-7-10-21-23(12-18)34-16-33-21/h2-12,14H,13,15-16H2,1H3,(H,26,29)(H,28,30)/b27-14-. The number of hydrogen-bond acceptors (Lipinski definition) is 7. The number of carbonyl (C=O) groups is 2. The number of hydrazone groups is 1. The van der Waals surface area contributed by atoms with Crippen LogP contribution in [0.1, 0.15) is 16.7 Å². The Morgan fingerprint density at radius 3 is 2.59 bits per heavy atom. The van der Waals surface area contributed by atoms with E-state index in [1.807, 2.05) is 30.3 Å². The third-order valence-corrected chi connectivity index (χ3v) is 4.90. The molecule has 0 aliphatic carbocycles. The van der Waals surface area contributed by atoms with Crippen molar-refractivity contribution in [2.75, 3.05) is 13.9 Å². The van der Waals surface area contributed by atoms with E-state index in [0.29, 0.717) is 35.2 Å². The lowest BCUT2D eigenvalue weighted by Gasteiger charge is -2.11. The lowest BCUT2D eigenvalue weighted by Crippen LogP contribution is -2.37. The molecule has 3 aromatic carbocycles. The molecule has 0 aromatic heterocycles. The molecule has 2 amide bonds. The highest BCUT2D eigenvalue weighted by Crippen LogP contribution is 2.32. The van der Waals surface area contributed by atoms with E-state index < -0.39 is 11.8 Å². The molecular formula is C25H23N3O6. The van der Waals surface area contributed by atoms with E-state index >= 15 is 0 Å². The van der Waals surface area contributed by atoms with Gasteiger partial charge in [0.15, 0.2) is 23.0 Å². The molecule has 0 spiro atoms. The molecule has 174 valence electrons. The Balaban J connectivity index is 1.27. The second kappa shape index (κ2) is 10.9. The number of benzene rings is 3. The van der Waals surface area contributed by atoms with Crippen molar-refractivity contribution in [3.63, 3.8) is 0 Å². The fraction of sp³-hybridized carbons (Fsp3) is 0.160. The first-order chi connectivity index (χ1) is 16.6. The van der Waals surface area contributed by atoms with Crippen LogP contribution in [0.2, 0.25) is 0 Å². The summed E-state index contributed by atoms with van der Waals surface area (Å²) in [6.07, 6.45) is 1.41. The molecular weight excluding hydrogens is 438 g/mol. The third kappa shape index (κ3) is 5.83. The zero-order chi connectivity index (χ0) is 23.8. The number of ether oxygens (including phenoxy) is 4. The van der Waals surface area contributed by atoms with Crippen LogP contribution in [0.15, 0.2) is 71.8 Å². The molecule has 4 rings (SSSR count). The van der Waals surface area contributed by atoms with E-state index in [1.165, 1.54) is 13.3 Å². The van der Waals surface area contributed by atoms with Gasteiger partial charge >= 0.3 is 11.8 Å². The van der Waals surface area contributed by atoms with Crippen molar-refractivity contribution < 1.29 is 28.5 Å². The molecule has 0 radical (unpaired) electrons. The van der Waals surface area contributed by atoms with Crippen LogP contribution in [0.25, 0.3) is 0 Å². The normalized spacial score (nSPS) is 11.8. The summed E-state index contributed by atoms with van der Waals surface area (Å²) in [7, 11) is 1.54. The van der Waals surface area contributed by atoms with Gasteiger partial charge < -0.3 is 24.3 Å². The zero-order valence-corrected chi connectivity index (χ0v) is 18.4. The van der Waals surface area contributed by atoms with Gasteiger partial charge in [-0.05, 0) is 47.0 Å². The van der Waals surface area contributed by atoms with E-state index in [9.17, 15) is 9.59 Å². The van der Waals surface area contributed by atoms with Crippen molar-refractivity contribution in [1.29, 1.82) is 0 Å². The van der Waals surface area contributed by atoms with Crippen LogP contribution >= 0.6 is 0 Å². The summed E-state index contributed by atoms with van der Waals surface area (Å²) in [4.78, 5) is 24.0. The van der Waals surface area contributed by atoms with Crippen LogP contribution in [0.3, 0.4) is 0 Å². The molecule has 34 heavy (non-hydrogen) atoms. The number of rotatable bonds is 8. The summed E-state index contributed by atoms with van der Waals surface area (Å²) in [5, 5.41) is 6.38. The number of nitrogens with zero attached hydrogens (tertiary/aromatic N) is 1. The van der Waals surface area contributed by atoms with Crippen LogP contribution in [0, 0.1) is 0 Å². The summed E-state index contributed by atoms with van der Waals surface area (Å²) < 4.78 is 21.8. The minimum atomic E-state index is -0.883. The second-order valence-corrected chi connectivity index (χ2v) is 7.25. The zero-order valence-electron chi connectivity index (χ0n) is 18.4. The Hall–Kier alpha value is -4.53. The maximum atomic E-state index is 12.0. The van der Waals surface area contributed by atoms with Gasteiger partial charge in [0.25, 0.3) is 0 Å². The van der Waals surface area contributed by atoms with Gasteiger partial charge in [-0.1, -0.05) is 36.4 Å². The predicted octanol–water partition coefficient (Wildman–Crippen LogP) is 2.77. The summed E-state index contributed by atoms with van der Waals surface area (Å²) >= 11 is 0. The van der Waals surface area contributed by atoms with Crippen LogP contribution < -0.4 is 29.7 Å². The van der Waals surface area contributed by atoms with Crippen molar-refractivity contribution >= 4 is 18.0 Å². The largest absolute Gasteiger partial charge is 0.493 e. The van der Waals surface area contributed by atoms with E-state index in [4.69, 9.17) is 18.9 Å². The quantitative estimate of drug-likeness (QED) is 0.304. The van der Waals surface area contributed by atoms with Crippen molar-refractivity contribution in [1.82, 2.24) is 10.7 Å². The Labute approximate surface area is 196 Å². The Morgan fingerprint density at radius 1 is 0.941 bits per heavy atom. The molecule has 1 heterocycles. The van der Waals surface area contributed by atoms with Crippen LogP contribution in [-0.2, 0) is 22.7 Å². The fourth-order valence-electron chi connectivity index (χ4n) is 3.15. The Kier molecular flexibility index (Phi) is 7.24. The highest BCUT2D eigenvalue weighted by atomic mass is 16.7. The van der Waals surface area contributed by atoms with Crippen molar-refractivity contribution in [2.45, 2.75) is 13.2 Å². The van der Waals surface area contributed by atoms with Crippen LogP contribution in [0.4, 0.5) is 0 Å². The molecule has 0 unspecified atom stereocenters. The van der Waals surface area contributed by atoms with Gasteiger partial charge in [0.1, 0.15) is 6.61 Å². The van der Waals surface area contributed by atoms with Crippen molar-refractivity contribution in [3.05, 3.63) is 83.4 Å². The van der Waals surface area contributed by atoms with E-state index in [2.05, 4.69) is 15.8 Å². The van der Waals surface area contributed by atoms with Gasteiger partial charge in [-0.15, -0.1) is 0 Å². The number of amides is 2. The summed E-state index contributed by atoms with van der Waals surface area (Å²) in [6.45, 7) is 0.733. The summed E-state index contributed by atoms with van der Waals surface area (Å²) in [5.74, 6) is 0.661. The molecule has 1 aliphatic heterocycles. The SMILES string of the molecule is COc1cc(/C=N\NC(=O)C(=O)NCc2ccc3c(c2)OCO3)ccc1OCc1ccccc1. The van der Waals surface area contributed by atoms with Gasteiger partial charge in [0.05, 0.1) is 13.3 Å². The minimum absolute atomic E-state index is 0.161. The maximum Gasteiger partial charge on any atom is 0.329 e. The molecule has 0 saturated carbocycles. The van der Waals surface area contributed by atoms with E-state index in [1.54, 1.807) is 36.4 Å². The van der Waals surface area contributed by atoms with E-state index in [0.717, 1.165) is 11.1 Å². The maximum absolute atomic E-state index is 12.0. The Bertz CT molecular complexity index is 1200. The first kappa shape index (κ1) is 22.7. The van der Waals surface area contributed by atoms with Crippen molar-refractivity contribution in [2.24, 2.45) is 5.10 Å². The summed E-state index contributed by atoms with van der Waals surface area (Å²) in [6, 6.07) is 20.3. The molecule has 1 aliphatic rings. The number of carbonyl (C=O) groups excluding carboxylic acids is 2. The average molecular weight is 461 g/mol. The van der Waals surface area contributed by atoms with Gasteiger partial charge in [0, 0.05) is 6.54 Å². The Morgan fingerprint density at radius 2 is 1.76 bits per heavy atom. The molecule has 0 bridgehead atoms. The average Bonchev–Trinajstić information content (AvgIpc) is 3.35. The van der Waals surface area contributed by atoms with Crippen LogP contribution in [0.5, 0.6) is 23.0 Å². The first-order valence-electron chi connectivity index (χ1n) is 10.5. The topological polar surface area (TPSA) is 107 Å². The minimum Gasteiger partial charge on any atom is -0.493 e. The number of methoxy groups -OCH3 is 1. The molecule has 9 nitrogen and oxygen atoms in total. The van der Waals surface area contributed by atoms with E-state index in [-0.39, 0.29) is 13.3 Å². The highest BCUT2D eigenvalue weighted by molar-refractivity contribution is 6.35. The summed E-state index contributed by atoms with van der Waals surface area (Å²) in [5.41, 5.74) is 4.68. The van der Waals surface area contributed by atoms with Crippen LogP contribution in [-0.4, -0.2) is 31.9 Å². The number of fused-ring (bicyclic) bond motifs is 1.